The van der Waals surface area contributed by atoms with Gasteiger partial charge in [-0.2, -0.15) is 0 Å². The van der Waals surface area contributed by atoms with E-state index in [1.807, 2.05) is 24.3 Å². The SMILES string of the molecule is CCCCC[C@@H](O)C1=CC=CC=C(/C=C/[C@@H](O)[C@@H](O)CCCC(=O)OC)C1. The minimum Gasteiger partial charge on any atom is -0.469 e. The molecule has 5 heteroatoms. The van der Waals surface area contributed by atoms with Crippen LogP contribution in [0.5, 0.6) is 0 Å². The quantitative estimate of drug-likeness (QED) is 0.358. The first-order valence-corrected chi connectivity index (χ1v) is 9.83. The summed E-state index contributed by atoms with van der Waals surface area (Å²) in [7, 11) is 1.33. The number of ether oxygens (including phenoxy) is 1. The first-order chi connectivity index (χ1) is 13.0. The van der Waals surface area contributed by atoms with Crippen LogP contribution in [0.3, 0.4) is 0 Å². The van der Waals surface area contributed by atoms with Crippen molar-refractivity contribution in [1.29, 1.82) is 0 Å². The van der Waals surface area contributed by atoms with Gasteiger partial charge in [0.05, 0.1) is 25.4 Å². The molecule has 1 rings (SSSR count). The van der Waals surface area contributed by atoms with Gasteiger partial charge in [0.1, 0.15) is 0 Å². The fourth-order valence-corrected chi connectivity index (χ4v) is 2.91. The van der Waals surface area contributed by atoms with Crippen molar-refractivity contribution < 1.29 is 24.9 Å². The van der Waals surface area contributed by atoms with E-state index in [1.54, 1.807) is 12.2 Å². The molecule has 152 valence electrons. The van der Waals surface area contributed by atoms with E-state index in [0.717, 1.165) is 36.8 Å². The van der Waals surface area contributed by atoms with E-state index in [1.165, 1.54) is 7.11 Å². The van der Waals surface area contributed by atoms with Crippen LogP contribution in [-0.2, 0) is 9.53 Å². The number of aliphatic hydroxyl groups excluding tert-OH is 3. The van der Waals surface area contributed by atoms with Crippen LogP contribution in [0.2, 0.25) is 0 Å². The summed E-state index contributed by atoms with van der Waals surface area (Å²) >= 11 is 0. The van der Waals surface area contributed by atoms with Gasteiger partial charge in [0.2, 0.25) is 0 Å². The van der Waals surface area contributed by atoms with Gasteiger partial charge in [0.25, 0.3) is 0 Å². The molecule has 0 aromatic rings. The van der Waals surface area contributed by atoms with E-state index in [0.29, 0.717) is 19.3 Å². The first-order valence-electron chi connectivity index (χ1n) is 9.83. The average Bonchev–Trinajstić information content (AvgIpc) is 2.91. The molecule has 0 bridgehead atoms. The highest BCUT2D eigenvalue weighted by molar-refractivity contribution is 5.68. The lowest BCUT2D eigenvalue weighted by Crippen LogP contribution is -2.24. The molecule has 0 heterocycles. The van der Waals surface area contributed by atoms with E-state index >= 15 is 0 Å². The van der Waals surface area contributed by atoms with Crippen molar-refractivity contribution in [3.05, 3.63) is 47.6 Å². The molecule has 0 aliphatic heterocycles. The molecular weight excluding hydrogens is 344 g/mol. The highest BCUT2D eigenvalue weighted by Gasteiger charge is 2.15. The standard InChI is InChI=1S/C22H34O5/c1-3-4-5-11-19(23)18-10-7-6-9-17(16-18)14-15-21(25)20(24)12-8-13-22(26)27-2/h6-7,9-10,14-15,19-21,23-25H,3-5,8,11-13,16H2,1-2H3/b15-14+/t19-,20+,21-/m1/s1. The van der Waals surface area contributed by atoms with Gasteiger partial charge in [-0.1, -0.05) is 62.6 Å². The number of hydrogen-bond donors (Lipinski definition) is 3. The summed E-state index contributed by atoms with van der Waals surface area (Å²) in [6, 6.07) is 0. The first kappa shape index (κ1) is 23.3. The molecule has 0 unspecified atom stereocenters. The van der Waals surface area contributed by atoms with Gasteiger partial charge in [-0.3, -0.25) is 4.79 Å². The predicted molar refractivity (Wildman–Crippen MR) is 107 cm³/mol. The molecule has 3 N–H and O–H groups in total. The van der Waals surface area contributed by atoms with Gasteiger partial charge in [-0.05, 0) is 36.8 Å². The number of esters is 1. The number of aliphatic hydroxyl groups is 3. The Bertz CT molecular complexity index is 559. The Balaban J connectivity index is 2.51. The maximum absolute atomic E-state index is 11.1. The van der Waals surface area contributed by atoms with Crippen molar-refractivity contribution >= 4 is 5.97 Å². The molecule has 1 aliphatic rings. The third kappa shape index (κ3) is 9.70. The topological polar surface area (TPSA) is 87.0 Å². The largest absolute Gasteiger partial charge is 0.469 e. The van der Waals surface area contributed by atoms with Gasteiger partial charge in [-0.25, -0.2) is 0 Å². The van der Waals surface area contributed by atoms with Crippen LogP contribution < -0.4 is 0 Å². The lowest BCUT2D eigenvalue weighted by Gasteiger charge is -2.16. The maximum Gasteiger partial charge on any atom is 0.305 e. The molecule has 3 atom stereocenters. The number of carbonyl (C=O) groups excluding carboxylic acids is 1. The van der Waals surface area contributed by atoms with Crippen LogP contribution in [0.1, 0.15) is 58.3 Å². The van der Waals surface area contributed by atoms with Crippen molar-refractivity contribution in [3.8, 4) is 0 Å². The molecule has 0 radical (unpaired) electrons. The molecule has 0 saturated carbocycles. The molecule has 5 nitrogen and oxygen atoms in total. The van der Waals surface area contributed by atoms with E-state index in [2.05, 4.69) is 11.7 Å². The number of rotatable bonds is 12. The number of unbranched alkanes of at least 4 members (excludes halogenated alkanes) is 2. The maximum atomic E-state index is 11.1. The molecule has 1 aliphatic carbocycles. The summed E-state index contributed by atoms with van der Waals surface area (Å²) in [5, 5.41) is 30.5. The van der Waals surface area contributed by atoms with E-state index in [9.17, 15) is 20.1 Å². The van der Waals surface area contributed by atoms with Gasteiger partial charge < -0.3 is 20.1 Å². The van der Waals surface area contributed by atoms with E-state index in [4.69, 9.17) is 0 Å². The average molecular weight is 379 g/mol. The van der Waals surface area contributed by atoms with Crippen LogP contribution >= 0.6 is 0 Å². The zero-order valence-corrected chi connectivity index (χ0v) is 16.5. The third-order valence-corrected chi connectivity index (χ3v) is 4.66. The second-order valence-corrected chi connectivity index (χ2v) is 6.94. The molecule has 0 saturated heterocycles. The van der Waals surface area contributed by atoms with Gasteiger partial charge in [0, 0.05) is 6.42 Å². The number of methoxy groups -OCH3 is 1. The Kier molecular flexibility index (Phi) is 11.7. The highest BCUT2D eigenvalue weighted by Crippen LogP contribution is 2.22. The fourth-order valence-electron chi connectivity index (χ4n) is 2.91. The number of carbonyl (C=O) groups is 1. The molecule has 0 amide bonds. The minimum atomic E-state index is -1.00. The van der Waals surface area contributed by atoms with Crippen molar-refractivity contribution in [1.82, 2.24) is 0 Å². The molecule has 0 spiro atoms. The monoisotopic (exact) mass is 378 g/mol. The van der Waals surface area contributed by atoms with Crippen LogP contribution in [0.15, 0.2) is 47.6 Å². The summed E-state index contributed by atoms with van der Waals surface area (Å²) in [4.78, 5) is 11.1. The summed E-state index contributed by atoms with van der Waals surface area (Å²) in [5.41, 5.74) is 1.93. The minimum absolute atomic E-state index is 0.226. The highest BCUT2D eigenvalue weighted by atomic mass is 16.5. The van der Waals surface area contributed by atoms with Crippen molar-refractivity contribution in [2.24, 2.45) is 0 Å². The molecule has 0 aromatic carbocycles. The van der Waals surface area contributed by atoms with Crippen LogP contribution in [0.25, 0.3) is 0 Å². The molecule has 27 heavy (non-hydrogen) atoms. The van der Waals surface area contributed by atoms with Crippen LogP contribution in [0, 0.1) is 0 Å². The van der Waals surface area contributed by atoms with Gasteiger partial charge in [-0.15, -0.1) is 0 Å². The van der Waals surface area contributed by atoms with Crippen molar-refractivity contribution in [3.63, 3.8) is 0 Å². The van der Waals surface area contributed by atoms with Gasteiger partial charge >= 0.3 is 5.97 Å². The Morgan fingerprint density at radius 2 is 1.89 bits per heavy atom. The smallest absolute Gasteiger partial charge is 0.305 e. The van der Waals surface area contributed by atoms with Gasteiger partial charge in [0.15, 0.2) is 0 Å². The molecular formula is C22H34O5. The Morgan fingerprint density at radius 1 is 1.15 bits per heavy atom. The Morgan fingerprint density at radius 3 is 2.59 bits per heavy atom. The Hall–Kier alpha value is -1.69. The van der Waals surface area contributed by atoms with E-state index in [-0.39, 0.29) is 12.4 Å². The van der Waals surface area contributed by atoms with Crippen molar-refractivity contribution in [2.75, 3.05) is 7.11 Å². The lowest BCUT2D eigenvalue weighted by molar-refractivity contribution is -0.140. The number of hydrogen-bond acceptors (Lipinski definition) is 5. The zero-order valence-electron chi connectivity index (χ0n) is 16.5. The fraction of sp³-hybridized carbons (Fsp3) is 0.591. The molecule has 0 fully saturated rings. The predicted octanol–water partition coefficient (Wildman–Crippen LogP) is 3.36. The van der Waals surface area contributed by atoms with Crippen molar-refractivity contribution in [2.45, 2.75) is 76.6 Å². The number of allylic oxidation sites excluding steroid dienone is 6. The summed E-state index contributed by atoms with van der Waals surface area (Å²) in [5.74, 6) is -0.320. The summed E-state index contributed by atoms with van der Waals surface area (Å²) in [6.45, 7) is 2.14. The van der Waals surface area contributed by atoms with Crippen LogP contribution in [0.4, 0.5) is 0 Å². The normalized spacial score (nSPS) is 17.8. The second-order valence-electron chi connectivity index (χ2n) is 6.94. The summed E-state index contributed by atoms with van der Waals surface area (Å²) < 4.78 is 4.55. The lowest BCUT2D eigenvalue weighted by atomic mass is 9.96. The van der Waals surface area contributed by atoms with E-state index < -0.39 is 18.3 Å². The molecule has 0 aromatic heterocycles. The second kappa shape index (κ2) is 13.5. The third-order valence-electron chi connectivity index (χ3n) is 4.66. The zero-order chi connectivity index (χ0) is 20.1. The summed E-state index contributed by atoms with van der Waals surface area (Å²) in [6.07, 6.45) is 14.3. The van der Waals surface area contributed by atoms with Crippen LogP contribution in [-0.4, -0.2) is 46.7 Å². The Labute approximate surface area is 162 Å².